The SMILES string of the molecule is COC(=O)c1cc(NC(=O)c2ccn(Cn3cccn3)n2)cc(C(=O)OC)c1. The largest absolute Gasteiger partial charge is 0.465 e. The fourth-order valence-corrected chi connectivity index (χ4v) is 2.46. The van der Waals surface area contributed by atoms with Crippen LogP contribution in [-0.4, -0.2) is 51.6 Å². The summed E-state index contributed by atoms with van der Waals surface area (Å²) in [6.45, 7) is 0.352. The molecule has 0 unspecified atom stereocenters. The first-order valence-electron chi connectivity index (χ1n) is 8.14. The summed E-state index contributed by atoms with van der Waals surface area (Å²) in [4.78, 5) is 36.1. The smallest absolute Gasteiger partial charge is 0.337 e. The average molecular weight is 383 g/mol. The number of carbonyl (C=O) groups is 3. The fourth-order valence-electron chi connectivity index (χ4n) is 2.46. The molecule has 0 radical (unpaired) electrons. The first kappa shape index (κ1) is 18.8. The van der Waals surface area contributed by atoms with Gasteiger partial charge in [-0.25, -0.2) is 9.59 Å². The maximum absolute atomic E-state index is 12.5. The molecule has 0 aliphatic carbocycles. The molecule has 28 heavy (non-hydrogen) atoms. The van der Waals surface area contributed by atoms with E-state index in [1.165, 1.54) is 32.4 Å². The van der Waals surface area contributed by atoms with Gasteiger partial charge in [-0.3, -0.25) is 14.2 Å². The lowest BCUT2D eigenvalue weighted by Crippen LogP contribution is -2.16. The minimum Gasteiger partial charge on any atom is -0.465 e. The Kier molecular flexibility index (Phi) is 5.49. The van der Waals surface area contributed by atoms with Crippen molar-refractivity contribution in [2.24, 2.45) is 0 Å². The second-order valence-electron chi connectivity index (χ2n) is 5.66. The summed E-state index contributed by atoms with van der Waals surface area (Å²) in [7, 11) is 2.44. The molecule has 0 saturated carbocycles. The molecule has 0 spiro atoms. The molecule has 2 heterocycles. The molecule has 3 rings (SSSR count). The summed E-state index contributed by atoms with van der Waals surface area (Å²) in [6.07, 6.45) is 5.06. The number of ether oxygens (including phenoxy) is 2. The second-order valence-corrected chi connectivity index (χ2v) is 5.66. The zero-order valence-corrected chi connectivity index (χ0v) is 15.2. The van der Waals surface area contributed by atoms with E-state index in [1.807, 2.05) is 0 Å². The highest BCUT2D eigenvalue weighted by atomic mass is 16.5. The first-order valence-corrected chi connectivity index (χ1v) is 8.14. The number of aromatic nitrogens is 4. The molecule has 1 amide bonds. The highest BCUT2D eigenvalue weighted by Gasteiger charge is 2.16. The normalized spacial score (nSPS) is 10.4. The van der Waals surface area contributed by atoms with Crippen LogP contribution in [0.2, 0.25) is 0 Å². The Morgan fingerprint density at radius 3 is 2.25 bits per heavy atom. The van der Waals surface area contributed by atoms with Gasteiger partial charge in [-0.05, 0) is 30.3 Å². The van der Waals surface area contributed by atoms with Gasteiger partial charge < -0.3 is 14.8 Å². The first-order chi connectivity index (χ1) is 13.5. The lowest BCUT2D eigenvalue weighted by Gasteiger charge is -2.09. The Bertz CT molecular complexity index is 975. The van der Waals surface area contributed by atoms with Crippen molar-refractivity contribution in [3.8, 4) is 0 Å². The Hall–Kier alpha value is -3.95. The van der Waals surface area contributed by atoms with Crippen LogP contribution in [0, 0.1) is 0 Å². The number of rotatable bonds is 6. The minimum absolute atomic E-state index is 0.102. The van der Waals surface area contributed by atoms with Crippen molar-refractivity contribution in [2.75, 3.05) is 19.5 Å². The number of carbonyl (C=O) groups excluding carboxylic acids is 3. The van der Waals surface area contributed by atoms with Crippen molar-refractivity contribution >= 4 is 23.5 Å². The van der Waals surface area contributed by atoms with E-state index in [2.05, 4.69) is 25.0 Å². The summed E-state index contributed by atoms with van der Waals surface area (Å²) >= 11 is 0. The Morgan fingerprint density at radius 2 is 1.68 bits per heavy atom. The molecule has 0 fully saturated rings. The van der Waals surface area contributed by atoms with Crippen molar-refractivity contribution in [1.29, 1.82) is 0 Å². The minimum atomic E-state index is -0.648. The number of methoxy groups -OCH3 is 2. The van der Waals surface area contributed by atoms with Gasteiger partial charge in [0.1, 0.15) is 6.67 Å². The van der Waals surface area contributed by atoms with E-state index in [1.54, 1.807) is 40.1 Å². The van der Waals surface area contributed by atoms with Crippen LogP contribution in [0.25, 0.3) is 0 Å². The molecule has 0 aliphatic heterocycles. The van der Waals surface area contributed by atoms with E-state index in [-0.39, 0.29) is 22.5 Å². The van der Waals surface area contributed by atoms with Crippen molar-refractivity contribution in [1.82, 2.24) is 19.6 Å². The Balaban J connectivity index is 1.80. The summed E-state index contributed by atoms with van der Waals surface area (Å²) < 4.78 is 12.5. The third-order valence-corrected chi connectivity index (χ3v) is 3.76. The summed E-state index contributed by atoms with van der Waals surface area (Å²) in [5.74, 6) is -1.80. The van der Waals surface area contributed by atoms with E-state index >= 15 is 0 Å². The zero-order chi connectivity index (χ0) is 20.1. The van der Waals surface area contributed by atoms with Gasteiger partial charge in [0.25, 0.3) is 5.91 Å². The average Bonchev–Trinajstić information content (AvgIpc) is 3.39. The quantitative estimate of drug-likeness (QED) is 0.640. The van der Waals surface area contributed by atoms with E-state index in [0.29, 0.717) is 6.67 Å². The number of nitrogens with one attached hydrogen (secondary N) is 1. The Labute approximate surface area is 159 Å². The van der Waals surface area contributed by atoms with Crippen LogP contribution in [0.5, 0.6) is 0 Å². The lowest BCUT2D eigenvalue weighted by atomic mass is 10.1. The molecular formula is C18H17N5O5. The van der Waals surface area contributed by atoms with Crippen LogP contribution in [0.3, 0.4) is 0 Å². The van der Waals surface area contributed by atoms with Gasteiger partial charge in [-0.2, -0.15) is 10.2 Å². The van der Waals surface area contributed by atoms with Crippen LogP contribution in [0.4, 0.5) is 5.69 Å². The van der Waals surface area contributed by atoms with Crippen LogP contribution >= 0.6 is 0 Å². The highest BCUT2D eigenvalue weighted by Crippen LogP contribution is 2.18. The number of hydrogen-bond acceptors (Lipinski definition) is 7. The van der Waals surface area contributed by atoms with Gasteiger partial charge >= 0.3 is 11.9 Å². The molecule has 144 valence electrons. The van der Waals surface area contributed by atoms with E-state index in [9.17, 15) is 14.4 Å². The molecule has 0 atom stereocenters. The highest BCUT2D eigenvalue weighted by molar-refractivity contribution is 6.04. The third kappa shape index (κ3) is 4.23. The topological polar surface area (TPSA) is 117 Å². The predicted molar refractivity (Wildman–Crippen MR) is 96.9 cm³/mol. The van der Waals surface area contributed by atoms with Gasteiger partial charge in [-0.15, -0.1) is 0 Å². The predicted octanol–water partition coefficient (Wildman–Crippen LogP) is 1.41. The standard InChI is InChI=1S/C18H17N5O5/c1-27-17(25)12-8-13(18(26)28-2)10-14(9-12)20-16(24)15-4-7-23(21-15)11-22-6-3-5-19-22/h3-10H,11H2,1-2H3,(H,20,24). The van der Waals surface area contributed by atoms with Gasteiger partial charge in [0, 0.05) is 24.3 Å². The number of anilines is 1. The number of esters is 2. The van der Waals surface area contributed by atoms with E-state index < -0.39 is 17.8 Å². The van der Waals surface area contributed by atoms with Gasteiger partial charge in [0.05, 0.1) is 25.3 Å². The molecule has 0 bridgehead atoms. The van der Waals surface area contributed by atoms with Crippen molar-refractivity contribution in [3.63, 3.8) is 0 Å². The number of benzene rings is 1. The van der Waals surface area contributed by atoms with Crippen molar-refractivity contribution in [2.45, 2.75) is 6.67 Å². The molecule has 10 nitrogen and oxygen atoms in total. The fraction of sp³-hybridized carbons (Fsp3) is 0.167. The molecular weight excluding hydrogens is 366 g/mol. The molecule has 1 aromatic carbocycles. The second kappa shape index (κ2) is 8.16. The molecule has 0 aliphatic rings. The lowest BCUT2D eigenvalue weighted by molar-refractivity contribution is 0.0599. The maximum atomic E-state index is 12.5. The summed E-state index contributed by atoms with van der Waals surface area (Å²) in [6, 6.07) is 7.45. The van der Waals surface area contributed by atoms with Crippen molar-refractivity contribution < 1.29 is 23.9 Å². The summed E-state index contributed by atoms with van der Waals surface area (Å²) in [5.41, 5.74) is 0.597. The molecule has 10 heteroatoms. The Morgan fingerprint density at radius 1 is 1.00 bits per heavy atom. The van der Waals surface area contributed by atoms with Crippen LogP contribution in [-0.2, 0) is 16.1 Å². The monoisotopic (exact) mass is 383 g/mol. The zero-order valence-electron chi connectivity index (χ0n) is 15.2. The van der Waals surface area contributed by atoms with Gasteiger partial charge in [0.2, 0.25) is 0 Å². The number of hydrogen-bond donors (Lipinski definition) is 1. The van der Waals surface area contributed by atoms with Crippen molar-refractivity contribution in [3.05, 3.63) is 65.7 Å². The van der Waals surface area contributed by atoms with E-state index in [0.717, 1.165) is 0 Å². The van der Waals surface area contributed by atoms with Gasteiger partial charge in [-0.1, -0.05) is 0 Å². The number of nitrogens with zero attached hydrogens (tertiary/aromatic N) is 4. The maximum Gasteiger partial charge on any atom is 0.337 e. The number of amides is 1. The molecule has 3 aromatic rings. The van der Waals surface area contributed by atoms with Crippen LogP contribution < -0.4 is 5.32 Å². The van der Waals surface area contributed by atoms with Crippen LogP contribution in [0.1, 0.15) is 31.2 Å². The molecule has 1 N–H and O–H groups in total. The van der Waals surface area contributed by atoms with Gasteiger partial charge in [0.15, 0.2) is 5.69 Å². The molecule has 2 aromatic heterocycles. The van der Waals surface area contributed by atoms with E-state index in [4.69, 9.17) is 0 Å². The van der Waals surface area contributed by atoms with Crippen LogP contribution in [0.15, 0.2) is 48.9 Å². The molecule has 0 saturated heterocycles. The third-order valence-electron chi connectivity index (χ3n) is 3.76. The summed E-state index contributed by atoms with van der Waals surface area (Å²) in [5, 5.41) is 10.9.